The number of aryl methyl sites for hydroxylation is 1. The summed E-state index contributed by atoms with van der Waals surface area (Å²) in [5.41, 5.74) is 1.59. The molecule has 3 rings (SSSR count). The third kappa shape index (κ3) is 2.91. The summed E-state index contributed by atoms with van der Waals surface area (Å²) in [6.45, 7) is 0. The van der Waals surface area contributed by atoms with E-state index in [1.165, 1.54) is 23.1 Å². The highest BCUT2D eigenvalue weighted by Gasteiger charge is 2.17. The molecular formula is C12H12N4O2S2. The van der Waals surface area contributed by atoms with Gasteiger partial charge in [-0.25, -0.2) is 9.97 Å². The smallest absolute Gasteiger partial charge is 0.254 e. The van der Waals surface area contributed by atoms with Gasteiger partial charge in [-0.3, -0.25) is 9.59 Å². The number of aromatic nitrogens is 3. The molecule has 2 aromatic rings. The molecule has 0 saturated carbocycles. The molecular weight excluding hydrogens is 296 g/mol. The molecule has 0 unspecified atom stereocenters. The van der Waals surface area contributed by atoms with Crippen molar-refractivity contribution in [2.45, 2.75) is 24.4 Å². The maximum absolute atomic E-state index is 11.8. The van der Waals surface area contributed by atoms with Gasteiger partial charge in [-0.2, -0.15) is 0 Å². The van der Waals surface area contributed by atoms with Gasteiger partial charge in [0.25, 0.3) is 5.56 Å². The standard InChI is InChI=1S/C12H12N4O2S2/c17-9(15-11-13-4-5-19-11)6-20-12-14-8-3-1-2-7(8)10(18)16-12/h4-5H,1-3,6H2,(H,13,15,17)(H,14,16,18). The second-order valence-corrected chi connectivity index (χ2v) is 6.18. The average molecular weight is 308 g/mol. The van der Waals surface area contributed by atoms with Crippen molar-refractivity contribution >= 4 is 34.1 Å². The highest BCUT2D eigenvalue weighted by molar-refractivity contribution is 7.99. The zero-order valence-electron chi connectivity index (χ0n) is 10.5. The molecule has 20 heavy (non-hydrogen) atoms. The summed E-state index contributed by atoms with van der Waals surface area (Å²) in [4.78, 5) is 34.6. The number of nitrogens with one attached hydrogen (secondary N) is 2. The van der Waals surface area contributed by atoms with Crippen molar-refractivity contribution in [3.05, 3.63) is 33.2 Å². The number of anilines is 1. The van der Waals surface area contributed by atoms with Gasteiger partial charge in [0.2, 0.25) is 5.91 Å². The van der Waals surface area contributed by atoms with Gasteiger partial charge in [-0.1, -0.05) is 11.8 Å². The van der Waals surface area contributed by atoms with Crippen LogP contribution in [0.2, 0.25) is 0 Å². The maximum Gasteiger partial charge on any atom is 0.254 e. The fraction of sp³-hybridized carbons (Fsp3) is 0.333. The summed E-state index contributed by atoms with van der Waals surface area (Å²) in [5.74, 6) is 0.0366. The van der Waals surface area contributed by atoms with Crippen LogP contribution in [-0.4, -0.2) is 26.6 Å². The van der Waals surface area contributed by atoms with Crippen LogP contribution in [-0.2, 0) is 17.6 Å². The first-order valence-electron chi connectivity index (χ1n) is 6.16. The number of H-pyrrole nitrogens is 1. The normalized spacial score (nSPS) is 13.2. The molecule has 0 atom stereocenters. The van der Waals surface area contributed by atoms with E-state index in [1.54, 1.807) is 11.6 Å². The highest BCUT2D eigenvalue weighted by atomic mass is 32.2. The quantitative estimate of drug-likeness (QED) is 0.659. The third-order valence-electron chi connectivity index (χ3n) is 2.94. The summed E-state index contributed by atoms with van der Waals surface area (Å²) in [5, 5.41) is 5.56. The van der Waals surface area contributed by atoms with Gasteiger partial charge < -0.3 is 10.3 Å². The number of fused-ring (bicyclic) bond motifs is 1. The number of carbonyl (C=O) groups excluding carboxylic acids is 1. The summed E-state index contributed by atoms with van der Waals surface area (Å²) in [7, 11) is 0. The Morgan fingerprint density at radius 1 is 1.50 bits per heavy atom. The van der Waals surface area contributed by atoms with Crippen LogP contribution in [0.4, 0.5) is 5.13 Å². The molecule has 8 heteroatoms. The van der Waals surface area contributed by atoms with Crippen LogP contribution in [0.1, 0.15) is 17.7 Å². The van der Waals surface area contributed by atoms with E-state index in [9.17, 15) is 9.59 Å². The topological polar surface area (TPSA) is 87.7 Å². The molecule has 0 bridgehead atoms. The van der Waals surface area contributed by atoms with E-state index >= 15 is 0 Å². The number of aromatic amines is 1. The SMILES string of the molecule is O=C(CSc1nc2c(c(=O)[nH]1)CCC2)Nc1nccs1. The minimum Gasteiger partial charge on any atom is -0.301 e. The number of hydrogen-bond donors (Lipinski definition) is 2. The van der Waals surface area contributed by atoms with Crippen LogP contribution in [0.5, 0.6) is 0 Å². The molecule has 6 nitrogen and oxygen atoms in total. The average Bonchev–Trinajstić information content (AvgIpc) is 3.07. The Labute approximate surface area is 123 Å². The number of thioether (sulfide) groups is 1. The summed E-state index contributed by atoms with van der Waals surface area (Å²) < 4.78 is 0. The van der Waals surface area contributed by atoms with Gasteiger partial charge in [-0.15, -0.1) is 11.3 Å². The first-order chi connectivity index (χ1) is 9.72. The lowest BCUT2D eigenvalue weighted by Gasteiger charge is -2.03. The van der Waals surface area contributed by atoms with E-state index in [1.807, 2.05) is 0 Å². The maximum atomic E-state index is 11.8. The van der Waals surface area contributed by atoms with E-state index in [4.69, 9.17) is 0 Å². The Morgan fingerprint density at radius 2 is 2.40 bits per heavy atom. The number of thiazole rings is 1. The molecule has 0 aliphatic heterocycles. The lowest BCUT2D eigenvalue weighted by atomic mass is 10.3. The Morgan fingerprint density at radius 3 is 3.20 bits per heavy atom. The molecule has 1 aliphatic carbocycles. The van der Waals surface area contributed by atoms with Crippen LogP contribution in [0.25, 0.3) is 0 Å². The molecule has 2 heterocycles. The van der Waals surface area contributed by atoms with Gasteiger partial charge in [0.05, 0.1) is 11.4 Å². The van der Waals surface area contributed by atoms with Gasteiger partial charge in [0.15, 0.2) is 10.3 Å². The fourth-order valence-corrected chi connectivity index (χ4v) is 3.29. The number of nitrogens with zero attached hydrogens (tertiary/aromatic N) is 2. The lowest BCUT2D eigenvalue weighted by molar-refractivity contribution is -0.113. The van der Waals surface area contributed by atoms with Gasteiger partial charge in [0.1, 0.15) is 0 Å². The Kier molecular flexibility index (Phi) is 3.83. The van der Waals surface area contributed by atoms with Crippen LogP contribution >= 0.6 is 23.1 Å². The first-order valence-corrected chi connectivity index (χ1v) is 8.03. The Hall–Kier alpha value is -1.67. The van der Waals surface area contributed by atoms with E-state index in [-0.39, 0.29) is 17.2 Å². The van der Waals surface area contributed by atoms with Crippen molar-refractivity contribution in [2.75, 3.05) is 11.1 Å². The molecule has 0 saturated heterocycles. The zero-order chi connectivity index (χ0) is 13.9. The van der Waals surface area contributed by atoms with Gasteiger partial charge in [0, 0.05) is 17.1 Å². The van der Waals surface area contributed by atoms with Crippen molar-refractivity contribution in [3.8, 4) is 0 Å². The highest BCUT2D eigenvalue weighted by Crippen LogP contribution is 2.19. The molecule has 1 amide bonds. The predicted octanol–water partition coefficient (Wildman–Crippen LogP) is 1.45. The third-order valence-corrected chi connectivity index (χ3v) is 4.50. The second-order valence-electron chi connectivity index (χ2n) is 4.32. The number of hydrogen-bond acceptors (Lipinski definition) is 6. The molecule has 2 N–H and O–H groups in total. The van der Waals surface area contributed by atoms with Crippen LogP contribution in [0.15, 0.2) is 21.5 Å². The van der Waals surface area contributed by atoms with E-state index in [0.29, 0.717) is 10.3 Å². The molecule has 0 radical (unpaired) electrons. The van der Waals surface area contributed by atoms with E-state index in [0.717, 1.165) is 30.5 Å². The molecule has 2 aromatic heterocycles. The lowest BCUT2D eigenvalue weighted by Crippen LogP contribution is -2.17. The van der Waals surface area contributed by atoms with Gasteiger partial charge >= 0.3 is 0 Å². The monoisotopic (exact) mass is 308 g/mol. The minimum atomic E-state index is -0.159. The minimum absolute atomic E-state index is 0.0738. The van der Waals surface area contributed by atoms with Crippen molar-refractivity contribution < 1.29 is 4.79 Å². The summed E-state index contributed by atoms with van der Waals surface area (Å²) >= 11 is 2.59. The van der Waals surface area contributed by atoms with E-state index < -0.39 is 0 Å². The second kappa shape index (κ2) is 5.76. The van der Waals surface area contributed by atoms with Crippen molar-refractivity contribution in [3.63, 3.8) is 0 Å². The van der Waals surface area contributed by atoms with Gasteiger partial charge in [-0.05, 0) is 19.3 Å². The van der Waals surface area contributed by atoms with Crippen LogP contribution < -0.4 is 10.9 Å². The Balaban J connectivity index is 1.63. The van der Waals surface area contributed by atoms with Crippen LogP contribution in [0, 0.1) is 0 Å². The molecule has 0 aromatic carbocycles. The summed E-state index contributed by atoms with van der Waals surface area (Å²) in [6.07, 6.45) is 4.25. The Bertz CT molecular complexity index is 681. The van der Waals surface area contributed by atoms with Crippen LogP contribution in [0.3, 0.4) is 0 Å². The predicted molar refractivity (Wildman–Crippen MR) is 78.4 cm³/mol. The zero-order valence-corrected chi connectivity index (χ0v) is 12.1. The number of carbonyl (C=O) groups is 1. The molecule has 1 aliphatic rings. The van der Waals surface area contributed by atoms with Crippen molar-refractivity contribution in [1.29, 1.82) is 0 Å². The first kappa shape index (κ1) is 13.3. The van der Waals surface area contributed by atoms with Crippen molar-refractivity contribution in [2.24, 2.45) is 0 Å². The summed E-state index contributed by atoms with van der Waals surface area (Å²) in [6, 6.07) is 0. The fourth-order valence-electron chi connectivity index (χ4n) is 2.06. The molecule has 0 fully saturated rings. The van der Waals surface area contributed by atoms with E-state index in [2.05, 4.69) is 20.3 Å². The number of rotatable bonds is 4. The largest absolute Gasteiger partial charge is 0.301 e. The molecule has 104 valence electrons. The number of amides is 1. The van der Waals surface area contributed by atoms with Crippen molar-refractivity contribution in [1.82, 2.24) is 15.0 Å². The molecule has 0 spiro atoms.